The summed E-state index contributed by atoms with van der Waals surface area (Å²) >= 11 is 0. The number of aromatic amines is 1. The van der Waals surface area contributed by atoms with Crippen molar-refractivity contribution in [2.45, 2.75) is 44.4 Å². The zero-order chi connectivity index (χ0) is 26.3. The molecule has 5 rings (SSSR count). The average Bonchev–Trinajstić information content (AvgIpc) is 3.61. The highest BCUT2D eigenvalue weighted by Gasteiger charge is 2.35. The Morgan fingerprint density at radius 2 is 1.84 bits per heavy atom. The smallest absolute Gasteiger partial charge is 0.314 e. The van der Waals surface area contributed by atoms with Gasteiger partial charge in [-0.1, -0.05) is 48.5 Å². The molecule has 7 nitrogen and oxygen atoms in total. The summed E-state index contributed by atoms with van der Waals surface area (Å²) in [5, 5.41) is 1.19. The Hall–Kier alpha value is -2.71. The van der Waals surface area contributed by atoms with E-state index in [0.29, 0.717) is 26.2 Å². The van der Waals surface area contributed by atoms with Crippen LogP contribution in [0.4, 0.5) is 0 Å². The molecule has 38 heavy (non-hydrogen) atoms. The monoisotopic (exact) mass is 520 g/mol. The number of methoxy groups -OCH3 is 2. The van der Waals surface area contributed by atoms with Crippen molar-refractivity contribution in [3.05, 3.63) is 71.4 Å². The van der Waals surface area contributed by atoms with Gasteiger partial charge in [0.25, 0.3) is 0 Å². The summed E-state index contributed by atoms with van der Waals surface area (Å²) in [4.78, 5) is 19.5. The minimum atomic E-state index is -0.349. The van der Waals surface area contributed by atoms with Gasteiger partial charge in [0.05, 0.1) is 26.2 Å². The first-order valence-electron chi connectivity index (χ1n) is 13.8. The number of ether oxygens (including phenoxy) is 4. The molecule has 2 aliphatic rings. The summed E-state index contributed by atoms with van der Waals surface area (Å²) in [6, 6.07) is 19.0. The first-order chi connectivity index (χ1) is 18.7. The zero-order valence-corrected chi connectivity index (χ0v) is 22.6. The standard InChI is InChI=1S/C31H40N2O5/c1-35-15-13-24(31-37-16-17-38-31)18-23-19-27(30(34)36-2)29-26(25-10-6-7-11-28(25)32-29)12-14-33(21-23)20-22-8-4-3-5-9-22/h3-11,23-24,27,31-32H,12-21H2,1-2H3/t23-,24?,27-/m1/s1. The van der Waals surface area contributed by atoms with E-state index < -0.39 is 0 Å². The molecule has 0 aliphatic carbocycles. The molecule has 0 radical (unpaired) electrons. The number of para-hydroxylation sites is 1. The number of nitrogens with zero attached hydrogens (tertiary/aromatic N) is 1. The molecule has 0 saturated carbocycles. The quantitative estimate of drug-likeness (QED) is 0.405. The summed E-state index contributed by atoms with van der Waals surface area (Å²) in [5.41, 5.74) is 4.61. The van der Waals surface area contributed by atoms with E-state index in [9.17, 15) is 4.79 Å². The molecule has 3 aromatic rings. The molecular formula is C31H40N2O5. The van der Waals surface area contributed by atoms with E-state index in [2.05, 4.69) is 58.4 Å². The highest BCUT2D eigenvalue weighted by molar-refractivity contribution is 5.88. The lowest BCUT2D eigenvalue weighted by Gasteiger charge is -2.32. The molecule has 0 amide bonds. The van der Waals surface area contributed by atoms with E-state index in [4.69, 9.17) is 18.9 Å². The molecule has 1 aromatic heterocycles. The number of benzene rings is 2. The number of hydrogen-bond donors (Lipinski definition) is 1. The van der Waals surface area contributed by atoms with Gasteiger partial charge in [-0.15, -0.1) is 0 Å². The molecule has 1 N–H and O–H groups in total. The van der Waals surface area contributed by atoms with Crippen LogP contribution in [0.2, 0.25) is 0 Å². The highest BCUT2D eigenvalue weighted by atomic mass is 16.7. The molecule has 204 valence electrons. The minimum Gasteiger partial charge on any atom is -0.469 e. The Morgan fingerprint density at radius 1 is 1.08 bits per heavy atom. The van der Waals surface area contributed by atoms with Crippen LogP contribution in [0.5, 0.6) is 0 Å². The van der Waals surface area contributed by atoms with Crippen LogP contribution in [-0.2, 0) is 36.7 Å². The lowest BCUT2D eigenvalue weighted by atomic mass is 9.83. The second kappa shape index (κ2) is 12.9. The predicted molar refractivity (Wildman–Crippen MR) is 147 cm³/mol. The maximum atomic E-state index is 13.3. The maximum absolute atomic E-state index is 13.3. The van der Waals surface area contributed by atoms with Crippen molar-refractivity contribution in [1.29, 1.82) is 0 Å². The van der Waals surface area contributed by atoms with Crippen molar-refractivity contribution in [2.24, 2.45) is 11.8 Å². The summed E-state index contributed by atoms with van der Waals surface area (Å²) < 4.78 is 22.7. The highest BCUT2D eigenvalue weighted by Crippen LogP contribution is 2.37. The Bertz CT molecular complexity index is 1170. The molecule has 2 aliphatic heterocycles. The summed E-state index contributed by atoms with van der Waals surface area (Å²) in [6.07, 6.45) is 3.10. The van der Waals surface area contributed by atoms with Crippen molar-refractivity contribution >= 4 is 16.9 Å². The van der Waals surface area contributed by atoms with Gasteiger partial charge in [-0.3, -0.25) is 9.69 Å². The van der Waals surface area contributed by atoms with Gasteiger partial charge in [0, 0.05) is 55.9 Å². The molecule has 0 spiro atoms. The molecule has 1 fully saturated rings. The normalized spacial score (nSPS) is 21.9. The van der Waals surface area contributed by atoms with Crippen LogP contribution >= 0.6 is 0 Å². The van der Waals surface area contributed by atoms with Crippen molar-refractivity contribution in [3.8, 4) is 0 Å². The van der Waals surface area contributed by atoms with Gasteiger partial charge in [-0.25, -0.2) is 0 Å². The molecule has 2 aromatic carbocycles. The van der Waals surface area contributed by atoms with Gasteiger partial charge < -0.3 is 23.9 Å². The molecule has 7 heteroatoms. The Labute approximate surface area is 225 Å². The Balaban J connectivity index is 1.50. The number of aromatic nitrogens is 1. The SMILES string of the molecule is COCCC(C[C@@H]1C[C@@H](C(=O)OC)c2[nH]c3ccccc3c2CCN(Cc2ccccc2)C1)C1OCCO1. The van der Waals surface area contributed by atoms with Crippen LogP contribution in [0.1, 0.15) is 42.0 Å². The van der Waals surface area contributed by atoms with Gasteiger partial charge in [-0.2, -0.15) is 0 Å². The topological polar surface area (TPSA) is 73.0 Å². The first kappa shape index (κ1) is 26.9. The number of esters is 1. The molecule has 3 atom stereocenters. The van der Waals surface area contributed by atoms with Crippen molar-refractivity contribution in [3.63, 3.8) is 0 Å². The van der Waals surface area contributed by atoms with E-state index in [1.54, 1.807) is 7.11 Å². The van der Waals surface area contributed by atoms with Crippen molar-refractivity contribution < 1.29 is 23.7 Å². The van der Waals surface area contributed by atoms with Gasteiger partial charge in [0.15, 0.2) is 6.29 Å². The number of hydrogen-bond acceptors (Lipinski definition) is 6. The van der Waals surface area contributed by atoms with Gasteiger partial charge in [0.2, 0.25) is 0 Å². The summed E-state index contributed by atoms with van der Waals surface area (Å²) in [5.74, 6) is -0.0872. The summed E-state index contributed by atoms with van der Waals surface area (Å²) in [7, 11) is 3.23. The molecule has 1 unspecified atom stereocenters. The lowest BCUT2D eigenvalue weighted by molar-refractivity contribution is -0.143. The van der Waals surface area contributed by atoms with Crippen LogP contribution < -0.4 is 0 Å². The van der Waals surface area contributed by atoms with E-state index in [1.807, 2.05) is 6.07 Å². The fourth-order valence-corrected chi connectivity index (χ4v) is 6.26. The van der Waals surface area contributed by atoms with Crippen LogP contribution in [0.25, 0.3) is 10.9 Å². The third kappa shape index (κ3) is 6.29. The van der Waals surface area contributed by atoms with Gasteiger partial charge in [0.1, 0.15) is 0 Å². The van der Waals surface area contributed by atoms with Crippen molar-refractivity contribution in [1.82, 2.24) is 9.88 Å². The summed E-state index contributed by atoms with van der Waals surface area (Å²) in [6.45, 7) is 4.58. The first-order valence-corrected chi connectivity index (χ1v) is 13.8. The number of H-pyrrole nitrogens is 1. The fourth-order valence-electron chi connectivity index (χ4n) is 6.26. The second-order valence-electron chi connectivity index (χ2n) is 10.6. The lowest BCUT2D eigenvalue weighted by Crippen LogP contribution is -2.34. The molecule has 3 heterocycles. The molecular weight excluding hydrogens is 480 g/mol. The maximum Gasteiger partial charge on any atom is 0.314 e. The van der Waals surface area contributed by atoms with Crippen molar-refractivity contribution in [2.75, 3.05) is 47.1 Å². The Kier molecular flexibility index (Phi) is 9.12. The third-order valence-electron chi connectivity index (χ3n) is 8.05. The van der Waals surface area contributed by atoms with Gasteiger partial charge >= 0.3 is 5.97 Å². The predicted octanol–water partition coefficient (Wildman–Crippen LogP) is 4.90. The number of rotatable bonds is 9. The number of fused-ring (bicyclic) bond motifs is 3. The van der Waals surface area contributed by atoms with E-state index in [-0.39, 0.29) is 30.0 Å². The van der Waals surface area contributed by atoms with E-state index in [0.717, 1.165) is 50.1 Å². The minimum absolute atomic E-state index is 0.180. The third-order valence-corrected chi connectivity index (χ3v) is 8.05. The van der Waals surface area contributed by atoms with Crippen LogP contribution in [-0.4, -0.2) is 69.3 Å². The van der Waals surface area contributed by atoms with E-state index in [1.165, 1.54) is 23.6 Å². The Morgan fingerprint density at radius 3 is 2.61 bits per heavy atom. The fraction of sp³-hybridized carbons (Fsp3) is 0.516. The largest absolute Gasteiger partial charge is 0.469 e. The average molecular weight is 521 g/mol. The molecule has 0 bridgehead atoms. The molecule has 1 saturated heterocycles. The second-order valence-corrected chi connectivity index (χ2v) is 10.6. The number of carbonyl (C=O) groups is 1. The van der Waals surface area contributed by atoms with Crippen LogP contribution in [0, 0.1) is 11.8 Å². The number of nitrogens with one attached hydrogen (secondary N) is 1. The zero-order valence-electron chi connectivity index (χ0n) is 22.6. The van der Waals surface area contributed by atoms with Gasteiger partial charge in [-0.05, 0) is 48.8 Å². The number of carbonyl (C=O) groups excluding carboxylic acids is 1. The van der Waals surface area contributed by atoms with Crippen LogP contribution in [0.3, 0.4) is 0 Å². The van der Waals surface area contributed by atoms with Crippen LogP contribution in [0.15, 0.2) is 54.6 Å². The van der Waals surface area contributed by atoms with E-state index >= 15 is 0 Å².